The van der Waals surface area contributed by atoms with E-state index >= 15 is 0 Å². The Hall–Kier alpha value is -1.62. The number of carbonyl (C=O) groups is 2. The van der Waals surface area contributed by atoms with Gasteiger partial charge in [0.25, 0.3) is 5.91 Å². The maximum Gasteiger partial charge on any atom is 0.268 e. The largest absolute Gasteiger partial charge is 0.394 e. The second-order valence-electron chi connectivity index (χ2n) is 5.56. The highest BCUT2D eigenvalue weighted by Crippen LogP contribution is 2.20. The molecule has 1 aromatic rings. The summed E-state index contributed by atoms with van der Waals surface area (Å²) in [6.45, 7) is 6.02. The molecule has 1 rings (SSSR count). The van der Waals surface area contributed by atoms with Gasteiger partial charge >= 0.3 is 0 Å². The monoisotopic (exact) mass is 252 g/mol. The van der Waals surface area contributed by atoms with Gasteiger partial charge < -0.3 is 15.4 Å². The van der Waals surface area contributed by atoms with Crippen LogP contribution in [0.4, 0.5) is 0 Å². The minimum atomic E-state index is -0.314. The molecule has 1 aromatic heterocycles. The van der Waals surface area contributed by atoms with Crippen LogP contribution >= 0.6 is 0 Å². The summed E-state index contributed by atoms with van der Waals surface area (Å²) in [4.78, 5) is 25.1. The predicted octanol–water partition coefficient (Wildman–Crippen LogP) is 1.35. The van der Waals surface area contributed by atoms with Crippen molar-refractivity contribution >= 4 is 12.2 Å². The fraction of sp³-hybridized carbons (Fsp3) is 0.538. The molecule has 0 saturated carbocycles. The molecule has 0 radical (unpaired) electrons. The normalized spacial score (nSPS) is 13.1. The zero-order valence-corrected chi connectivity index (χ0v) is 11.0. The fourth-order valence-corrected chi connectivity index (χ4v) is 1.78. The van der Waals surface area contributed by atoms with Crippen LogP contribution in [0.3, 0.4) is 0 Å². The average Bonchev–Trinajstić information content (AvgIpc) is 2.74. The number of hydrogen-bond donors (Lipinski definition) is 3. The third-order valence-corrected chi connectivity index (χ3v) is 2.49. The van der Waals surface area contributed by atoms with Crippen LogP contribution in [0.5, 0.6) is 0 Å². The number of hydrogen-bond acceptors (Lipinski definition) is 3. The Morgan fingerprint density at radius 2 is 2.17 bits per heavy atom. The van der Waals surface area contributed by atoms with Gasteiger partial charge in [-0.3, -0.25) is 9.59 Å². The molecular weight excluding hydrogens is 232 g/mol. The van der Waals surface area contributed by atoms with Crippen molar-refractivity contribution in [3.63, 3.8) is 0 Å². The maximum absolute atomic E-state index is 11.9. The number of nitrogens with one attached hydrogen (secondary N) is 2. The summed E-state index contributed by atoms with van der Waals surface area (Å²) in [6.07, 6.45) is 1.33. The standard InChI is InChI=1S/C13H20N2O3/c1-13(2,3)6-10(8-17)15-12(18)11-5-4-9(7-16)14-11/h4-5,7,10,14,17H,6,8H2,1-3H3,(H,15,18). The minimum Gasteiger partial charge on any atom is -0.394 e. The van der Waals surface area contributed by atoms with Gasteiger partial charge in [-0.2, -0.15) is 0 Å². The first-order valence-electron chi connectivity index (χ1n) is 5.91. The second-order valence-corrected chi connectivity index (χ2v) is 5.56. The molecule has 0 aliphatic rings. The van der Waals surface area contributed by atoms with Crippen molar-refractivity contribution in [1.29, 1.82) is 0 Å². The summed E-state index contributed by atoms with van der Waals surface area (Å²) >= 11 is 0. The van der Waals surface area contributed by atoms with Crippen LogP contribution in [0.25, 0.3) is 0 Å². The maximum atomic E-state index is 11.9. The van der Waals surface area contributed by atoms with Gasteiger partial charge in [-0.1, -0.05) is 20.8 Å². The van der Waals surface area contributed by atoms with E-state index in [1.807, 2.05) is 20.8 Å². The van der Waals surface area contributed by atoms with Crippen LogP contribution in [0.2, 0.25) is 0 Å². The van der Waals surface area contributed by atoms with Crippen LogP contribution in [-0.2, 0) is 0 Å². The van der Waals surface area contributed by atoms with E-state index in [1.165, 1.54) is 0 Å². The van der Waals surface area contributed by atoms with Crippen LogP contribution in [-0.4, -0.2) is 34.9 Å². The molecule has 100 valence electrons. The molecule has 1 heterocycles. The molecule has 1 unspecified atom stereocenters. The van der Waals surface area contributed by atoms with Crippen LogP contribution in [0, 0.1) is 5.41 Å². The lowest BCUT2D eigenvalue weighted by Gasteiger charge is -2.25. The number of H-pyrrole nitrogens is 1. The lowest BCUT2D eigenvalue weighted by Crippen LogP contribution is -2.40. The molecule has 0 saturated heterocycles. The van der Waals surface area contributed by atoms with E-state index in [-0.39, 0.29) is 24.0 Å². The van der Waals surface area contributed by atoms with Crippen molar-refractivity contribution in [2.75, 3.05) is 6.61 Å². The van der Waals surface area contributed by atoms with Crippen molar-refractivity contribution in [3.8, 4) is 0 Å². The lowest BCUT2D eigenvalue weighted by atomic mass is 9.88. The van der Waals surface area contributed by atoms with E-state index in [0.29, 0.717) is 24.1 Å². The Kier molecular flexibility index (Phi) is 4.67. The quantitative estimate of drug-likeness (QED) is 0.692. The van der Waals surface area contributed by atoms with Gasteiger partial charge in [0.2, 0.25) is 0 Å². The molecule has 0 aliphatic carbocycles. The molecule has 3 N–H and O–H groups in total. The molecule has 1 atom stereocenters. The third kappa shape index (κ3) is 4.33. The summed E-state index contributed by atoms with van der Waals surface area (Å²) in [6, 6.07) is 2.80. The smallest absolute Gasteiger partial charge is 0.268 e. The Labute approximate surface area is 107 Å². The molecule has 5 heteroatoms. The van der Waals surface area contributed by atoms with Gasteiger partial charge in [-0.15, -0.1) is 0 Å². The fourth-order valence-electron chi connectivity index (χ4n) is 1.78. The van der Waals surface area contributed by atoms with E-state index < -0.39 is 0 Å². The zero-order valence-electron chi connectivity index (χ0n) is 11.0. The molecule has 5 nitrogen and oxygen atoms in total. The molecular formula is C13H20N2O3. The highest BCUT2D eigenvalue weighted by molar-refractivity contribution is 5.93. The Morgan fingerprint density at radius 3 is 2.61 bits per heavy atom. The van der Waals surface area contributed by atoms with Crippen molar-refractivity contribution in [2.24, 2.45) is 5.41 Å². The number of rotatable bonds is 5. The number of aromatic amines is 1. The van der Waals surface area contributed by atoms with E-state index in [9.17, 15) is 14.7 Å². The predicted molar refractivity (Wildman–Crippen MR) is 68.6 cm³/mol. The Bertz CT molecular complexity index is 418. The van der Waals surface area contributed by atoms with E-state index in [0.717, 1.165) is 0 Å². The first kappa shape index (κ1) is 14.4. The number of aliphatic hydroxyl groups is 1. The second kappa shape index (κ2) is 5.82. The molecule has 0 fully saturated rings. The van der Waals surface area contributed by atoms with Crippen molar-refractivity contribution in [1.82, 2.24) is 10.3 Å². The third-order valence-electron chi connectivity index (χ3n) is 2.49. The Morgan fingerprint density at radius 1 is 1.50 bits per heavy atom. The van der Waals surface area contributed by atoms with Gasteiger partial charge in [-0.25, -0.2) is 0 Å². The van der Waals surface area contributed by atoms with Crippen molar-refractivity contribution in [2.45, 2.75) is 33.2 Å². The summed E-state index contributed by atoms with van der Waals surface area (Å²) in [5.41, 5.74) is 0.700. The number of aliphatic hydroxyl groups excluding tert-OH is 1. The van der Waals surface area contributed by atoms with Crippen LogP contribution in [0.1, 0.15) is 48.2 Å². The minimum absolute atomic E-state index is 0.0182. The highest BCUT2D eigenvalue weighted by Gasteiger charge is 2.20. The van der Waals surface area contributed by atoms with Gasteiger partial charge in [0, 0.05) is 0 Å². The zero-order chi connectivity index (χ0) is 13.8. The highest BCUT2D eigenvalue weighted by atomic mass is 16.3. The summed E-state index contributed by atoms with van der Waals surface area (Å²) in [5, 5.41) is 12.0. The van der Waals surface area contributed by atoms with Gasteiger partial charge in [0.1, 0.15) is 5.69 Å². The molecule has 1 amide bonds. The van der Waals surface area contributed by atoms with Crippen LogP contribution < -0.4 is 5.32 Å². The van der Waals surface area contributed by atoms with Gasteiger partial charge in [-0.05, 0) is 24.0 Å². The average molecular weight is 252 g/mol. The first-order valence-corrected chi connectivity index (χ1v) is 5.91. The molecule has 0 spiro atoms. The molecule has 0 bridgehead atoms. The van der Waals surface area contributed by atoms with Crippen molar-refractivity contribution in [3.05, 3.63) is 23.5 Å². The van der Waals surface area contributed by atoms with E-state index in [1.54, 1.807) is 12.1 Å². The summed E-state index contributed by atoms with van der Waals surface area (Å²) in [5.74, 6) is -0.314. The van der Waals surface area contributed by atoms with Crippen molar-refractivity contribution < 1.29 is 14.7 Å². The topological polar surface area (TPSA) is 82.2 Å². The van der Waals surface area contributed by atoms with E-state index in [2.05, 4.69) is 10.3 Å². The molecule has 0 aliphatic heterocycles. The lowest BCUT2D eigenvalue weighted by molar-refractivity contribution is 0.0893. The summed E-state index contributed by atoms with van der Waals surface area (Å²) < 4.78 is 0. The van der Waals surface area contributed by atoms with Gasteiger partial charge in [0.15, 0.2) is 6.29 Å². The number of amides is 1. The number of carbonyl (C=O) groups excluding carboxylic acids is 2. The Balaban J connectivity index is 2.64. The molecule has 18 heavy (non-hydrogen) atoms. The van der Waals surface area contributed by atoms with Crippen LogP contribution in [0.15, 0.2) is 12.1 Å². The molecule has 0 aromatic carbocycles. The summed E-state index contributed by atoms with van der Waals surface area (Å²) in [7, 11) is 0. The SMILES string of the molecule is CC(C)(C)CC(CO)NC(=O)c1ccc(C=O)[nH]1. The number of aldehydes is 1. The van der Waals surface area contributed by atoms with Gasteiger partial charge in [0.05, 0.1) is 18.3 Å². The first-order chi connectivity index (χ1) is 8.35. The number of aromatic nitrogens is 1. The van der Waals surface area contributed by atoms with E-state index in [4.69, 9.17) is 0 Å².